The predicted octanol–water partition coefficient (Wildman–Crippen LogP) is 2.51. The number of aromatic nitrogens is 2. The lowest BCUT2D eigenvalue weighted by atomic mass is 10.0. The first-order valence-electron chi connectivity index (χ1n) is 7.77. The number of rotatable bonds is 4. The van der Waals surface area contributed by atoms with Crippen LogP contribution in [0.4, 0.5) is 0 Å². The molecule has 1 unspecified atom stereocenters. The molecule has 1 fully saturated rings. The van der Waals surface area contributed by atoms with Crippen LogP contribution in [0, 0.1) is 0 Å². The Balaban J connectivity index is 1.87. The van der Waals surface area contributed by atoms with Gasteiger partial charge in [0.25, 0.3) is 0 Å². The number of imidazole rings is 1. The molecule has 1 N–H and O–H groups in total. The average molecular weight is 285 g/mol. The summed E-state index contributed by atoms with van der Waals surface area (Å²) >= 11 is 0. The van der Waals surface area contributed by atoms with E-state index in [4.69, 9.17) is 0 Å². The van der Waals surface area contributed by atoms with Gasteiger partial charge in [-0.2, -0.15) is 0 Å². The number of hydrogen-bond acceptors (Lipinski definition) is 2. The molecule has 1 aliphatic rings. The van der Waals surface area contributed by atoms with Gasteiger partial charge in [0.15, 0.2) is 0 Å². The molecule has 3 rings (SSSR count). The van der Waals surface area contributed by atoms with Crippen LogP contribution < -0.4 is 11.0 Å². The van der Waals surface area contributed by atoms with Gasteiger partial charge in [0.2, 0.25) is 0 Å². The van der Waals surface area contributed by atoms with Crippen molar-refractivity contribution in [3.05, 3.63) is 52.7 Å². The molecule has 1 saturated heterocycles. The number of hydrogen-bond donors (Lipinski definition) is 1. The molecule has 4 heteroatoms. The summed E-state index contributed by atoms with van der Waals surface area (Å²) < 4.78 is 3.48. The van der Waals surface area contributed by atoms with Crippen molar-refractivity contribution >= 4 is 0 Å². The van der Waals surface area contributed by atoms with E-state index < -0.39 is 0 Å². The van der Waals surface area contributed by atoms with Crippen molar-refractivity contribution < 1.29 is 0 Å². The molecule has 2 aromatic rings. The van der Waals surface area contributed by atoms with Gasteiger partial charge in [0, 0.05) is 24.5 Å². The van der Waals surface area contributed by atoms with Crippen molar-refractivity contribution in [2.24, 2.45) is 0 Å². The molecule has 21 heavy (non-hydrogen) atoms. The molecular weight excluding hydrogens is 262 g/mol. The molecule has 1 aromatic carbocycles. The van der Waals surface area contributed by atoms with Crippen molar-refractivity contribution in [2.75, 3.05) is 6.54 Å². The van der Waals surface area contributed by atoms with Gasteiger partial charge in [-0.1, -0.05) is 12.1 Å². The van der Waals surface area contributed by atoms with Crippen molar-refractivity contribution in [3.63, 3.8) is 0 Å². The smallest absolute Gasteiger partial charge is 0.314 e. The van der Waals surface area contributed by atoms with Gasteiger partial charge in [-0.25, -0.2) is 4.79 Å². The van der Waals surface area contributed by atoms with Crippen LogP contribution >= 0.6 is 0 Å². The summed E-state index contributed by atoms with van der Waals surface area (Å²) in [4.78, 5) is 12.4. The molecule has 0 spiro atoms. The first-order chi connectivity index (χ1) is 10.1. The lowest BCUT2D eigenvalue weighted by molar-refractivity contribution is 0.574. The zero-order valence-electron chi connectivity index (χ0n) is 12.7. The van der Waals surface area contributed by atoms with Gasteiger partial charge in [0.05, 0.1) is 5.69 Å². The standard InChI is InChI=1S/C17H23N3O/c1-13(2)19-9-10-20(17(19)21)16-7-3-5-14(12-16)11-15-6-4-8-18-15/h3,5,7,9-10,12-13,15,18H,4,6,8,11H2,1-2H3. The topological polar surface area (TPSA) is 39.0 Å². The second-order valence-corrected chi connectivity index (χ2v) is 6.12. The second kappa shape index (κ2) is 5.90. The normalized spacial score (nSPS) is 18.5. The molecular formula is C17H23N3O. The van der Waals surface area contributed by atoms with E-state index in [0.29, 0.717) is 6.04 Å². The van der Waals surface area contributed by atoms with E-state index in [1.165, 1.54) is 18.4 Å². The second-order valence-electron chi connectivity index (χ2n) is 6.12. The van der Waals surface area contributed by atoms with Gasteiger partial charge in [0.1, 0.15) is 0 Å². The minimum atomic E-state index is 0.0288. The van der Waals surface area contributed by atoms with Crippen molar-refractivity contribution in [3.8, 4) is 5.69 Å². The van der Waals surface area contributed by atoms with Gasteiger partial charge < -0.3 is 5.32 Å². The maximum Gasteiger partial charge on any atom is 0.332 e. The molecule has 0 bridgehead atoms. The highest BCUT2D eigenvalue weighted by Crippen LogP contribution is 2.15. The Hall–Kier alpha value is -1.81. The number of benzene rings is 1. The zero-order chi connectivity index (χ0) is 14.8. The van der Waals surface area contributed by atoms with Crippen LogP contribution in [0.25, 0.3) is 5.69 Å². The van der Waals surface area contributed by atoms with Crippen LogP contribution in [0.3, 0.4) is 0 Å². The average Bonchev–Trinajstić information content (AvgIpc) is 3.08. The fourth-order valence-electron chi connectivity index (χ4n) is 3.03. The highest BCUT2D eigenvalue weighted by molar-refractivity contribution is 5.36. The summed E-state index contributed by atoms with van der Waals surface area (Å²) in [7, 11) is 0. The Morgan fingerprint density at radius 2 is 2.19 bits per heavy atom. The SMILES string of the molecule is CC(C)n1ccn(-c2cccc(CC3CCCN3)c2)c1=O. The van der Waals surface area contributed by atoms with Crippen LogP contribution in [0.2, 0.25) is 0 Å². The van der Waals surface area contributed by atoms with E-state index in [2.05, 4.69) is 17.4 Å². The van der Waals surface area contributed by atoms with Gasteiger partial charge >= 0.3 is 5.69 Å². The molecule has 112 valence electrons. The summed E-state index contributed by atoms with van der Waals surface area (Å²) in [5.74, 6) is 0. The Labute approximate surface area is 125 Å². The maximum absolute atomic E-state index is 12.4. The lowest BCUT2D eigenvalue weighted by Crippen LogP contribution is -2.25. The fourth-order valence-corrected chi connectivity index (χ4v) is 3.03. The fraction of sp³-hybridized carbons (Fsp3) is 0.471. The van der Waals surface area contributed by atoms with Crippen LogP contribution in [0.15, 0.2) is 41.5 Å². The van der Waals surface area contributed by atoms with Crippen LogP contribution in [0.1, 0.15) is 38.3 Å². The van der Waals surface area contributed by atoms with Gasteiger partial charge in [-0.05, 0) is 57.4 Å². The molecule has 0 amide bonds. The first kappa shape index (κ1) is 14.1. The van der Waals surface area contributed by atoms with Gasteiger partial charge in [-0.3, -0.25) is 9.13 Å². The lowest BCUT2D eigenvalue weighted by Gasteiger charge is -2.11. The molecule has 2 heterocycles. The van der Waals surface area contributed by atoms with E-state index in [0.717, 1.165) is 18.7 Å². The van der Waals surface area contributed by atoms with E-state index in [-0.39, 0.29) is 11.7 Å². The Bertz CT molecular complexity index is 663. The van der Waals surface area contributed by atoms with E-state index >= 15 is 0 Å². The summed E-state index contributed by atoms with van der Waals surface area (Å²) in [6.07, 6.45) is 7.26. The largest absolute Gasteiger partial charge is 0.332 e. The quantitative estimate of drug-likeness (QED) is 0.937. The maximum atomic E-state index is 12.4. The van der Waals surface area contributed by atoms with Crippen LogP contribution in [-0.4, -0.2) is 21.7 Å². The molecule has 0 radical (unpaired) electrons. The van der Waals surface area contributed by atoms with Crippen LogP contribution in [0.5, 0.6) is 0 Å². The summed E-state index contributed by atoms with van der Waals surface area (Å²) in [6.45, 7) is 5.17. The summed E-state index contributed by atoms with van der Waals surface area (Å²) in [5, 5.41) is 3.52. The minimum absolute atomic E-state index is 0.0288. The molecule has 1 aliphatic heterocycles. The van der Waals surface area contributed by atoms with E-state index in [1.54, 1.807) is 9.13 Å². The zero-order valence-corrected chi connectivity index (χ0v) is 12.7. The van der Waals surface area contributed by atoms with Crippen molar-refractivity contribution in [2.45, 2.75) is 45.2 Å². The van der Waals surface area contributed by atoms with Crippen LogP contribution in [-0.2, 0) is 6.42 Å². The Morgan fingerprint density at radius 3 is 2.86 bits per heavy atom. The number of nitrogens with one attached hydrogen (secondary N) is 1. The molecule has 0 aliphatic carbocycles. The Morgan fingerprint density at radius 1 is 1.33 bits per heavy atom. The van der Waals surface area contributed by atoms with Crippen molar-refractivity contribution in [1.82, 2.24) is 14.5 Å². The van der Waals surface area contributed by atoms with Gasteiger partial charge in [-0.15, -0.1) is 0 Å². The highest BCUT2D eigenvalue weighted by atomic mass is 16.1. The summed E-state index contributed by atoms with van der Waals surface area (Å²) in [6, 6.07) is 9.08. The molecule has 4 nitrogen and oxygen atoms in total. The minimum Gasteiger partial charge on any atom is -0.314 e. The molecule has 1 atom stereocenters. The van der Waals surface area contributed by atoms with E-state index in [9.17, 15) is 4.79 Å². The number of nitrogens with zero attached hydrogens (tertiary/aromatic N) is 2. The first-order valence-corrected chi connectivity index (χ1v) is 7.77. The molecule has 0 saturated carbocycles. The third-order valence-electron chi connectivity index (χ3n) is 4.19. The third kappa shape index (κ3) is 2.95. The third-order valence-corrected chi connectivity index (χ3v) is 4.19. The Kier molecular flexibility index (Phi) is 3.97. The monoisotopic (exact) mass is 285 g/mol. The van der Waals surface area contributed by atoms with E-state index in [1.807, 2.05) is 38.4 Å². The predicted molar refractivity (Wildman–Crippen MR) is 85.1 cm³/mol. The van der Waals surface area contributed by atoms with Crippen molar-refractivity contribution in [1.29, 1.82) is 0 Å². The highest BCUT2D eigenvalue weighted by Gasteiger charge is 2.15. The summed E-state index contributed by atoms with van der Waals surface area (Å²) in [5.41, 5.74) is 2.27. The molecule has 1 aromatic heterocycles.